The fourth-order valence-corrected chi connectivity index (χ4v) is 7.56. The summed E-state index contributed by atoms with van der Waals surface area (Å²) in [5.74, 6) is -0.0699. The van der Waals surface area contributed by atoms with Crippen LogP contribution >= 0.6 is 11.8 Å². The van der Waals surface area contributed by atoms with E-state index >= 15 is 0 Å². The summed E-state index contributed by atoms with van der Waals surface area (Å²) >= 11 is 1.60. The molecule has 0 aromatic heterocycles. The Hall–Kier alpha value is -4.75. The van der Waals surface area contributed by atoms with Crippen LogP contribution in [0.1, 0.15) is 44.4 Å². The van der Waals surface area contributed by atoms with Crippen LogP contribution < -0.4 is 20.0 Å². The lowest BCUT2D eigenvalue weighted by atomic mass is 9.82. The number of nitrogens with zero attached hydrogens (tertiary/aromatic N) is 4. The normalized spacial score (nSPS) is 13.8. The Morgan fingerprint density at radius 3 is 1.77 bits per heavy atom. The van der Waals surface area contributed by atoms with Crippen molar-refractivity contribution in [3.63, 3.8) is 0 Å². The number of anilines is 4. The molecule has 0 atom stereocenters. The van der Waals surface area contributed by atoms with E-state index in [1.165, 1.54) is 10.8 Å². The van der Waals surface area contributed by atoms with Crippen LogP contribution in [0.4, 0.5) is 28.4 Å². The molecule has 1 amide bonds. The van der Waals surface area contributed by atoms with Gasteiger partial charge in [-0.25, -0.2) is 4.99 Å². The van der Waals surface area contributed by atoms with Gasteiger partial charge in [-0.05, 0) is 77.4 Å². The van der Waals surface area contributed by atoms with Gasteiger partial charge in [0.25, 0.3) is 0 Å². The first-order chi connectivity index (χ1) is 22.9. The largest absolute Gasteiger partial charge is 0.378 e. The molecule has 246 valence electrons. The van der Waals surface area contributed by atoms with Crippen LogP contribution in [0.25, 0.3) is 10.8 Å². The number of hydrogen-bond acceptors (Lipinski definition) is 6. The van der Waals surface area contributed by atoms with Gasteiger partial charge < -0.3 is 20.0 Å². The number of amidine groups is 1. The minimum atomic E-state index is -0.675. The minimum Gasteiger partial charge on any atom is -0.378 e. The standard InChI is InChI=1S/C41H45N5OS/c1-9-46(34-19-14-28-12-10-11-13-29(28)26-34)35-24-25-36-37(27-35)42-39(43-38(47)40(2,3)4)48-41(36,30-15-20-32(21-16-30)44(5)6)31-17-22-33(23-18-31)45(7)8/h10-27H,9H2,1-8H3,(H,42,43,47). The van der Waals surface area contributed by atoms with Crippen molar-refractivity contribution in [2.24, 2.45) is 10.4 Å². The van der Waals surface area contributed by atoms with Gasteiger partial charge in [-0.1, -0.05) is 93.2 Å². The molecule has 0 saturated carbocycles. The lowest BCUT2D eigenvalue weighted by Gasteiger charge is -2.39. The highest BCUT2D eigenvalue weighted by Gasteiger charge is 2.44. The number of benzene rings is 5. The average Bonchev–Trinajstić information content (AvgIpc) is 3.07. The molecule has 0 radical (unpaired) electrons. The minimum absolute atomic E-state index is 0.0699. The summed E-state index contributed by atoms with van der Waals surface area (Å²) in [7, 11) is 8.22. The molecule has 0 spiro atoms. The van der Waals surface area contributed by atoms with E-state index in [4.69, 9.17) is 4.99 Å². The summed E-state index contributed by atoms with van der Waals surface area (Å²) in [5.41, 5.74) is 7.98. The van der Waals surface area contributed by atoms with E-state index in [2.05, 4.69) is 164 Å². The Morgan fingerprint density at radius 2 is 1.23 bits per heavy atom. The molecule has 48 heavy (non-hydrogen) atoms. The SMILES string of the molecule is CCN(c1ccc2c(c1)N=C(NC(=O)C(C)(C)C)SC2(c1ccc(N(C)C)cc1)c1ccc(N(C)C)cc1)c1ccc2ccccc2c1. The predicted molar refractivity (Wildman–Crippen MR) is 207 cm³/mol. The number of amides is 1. The number of nitrogens with one attached hydrogen (secondary N) is 1. The van der Waals surface area contributed by atoms with Gasteiger partial charge in [0.05, 0.1) is 5.69 Å². The molecule has 5 aromatic carbocycles. The van der Waals surface area contributed by atoms with Gasteiger partial charge in [0.1, 0.15) is 4.75 Å². The number of fused-ring (bicyclic) bond motifs is 2. The Morgan fingerprint density at radius 1 is 0.708 bits per heavy atom. The highest BCUT2D eigenvalue weighted by Crippen LogP contribution is 2.55. The van der Waals surface area contributed by atoms with Crippen LogP contribution in [0.3, 0.4) is 0 Å². The molecule has 0 unspecified atom stereocenters. The second-order valence-electron chi connectivity index (χ2n) is 13.8. The summed E-state index contributed by atoms with van der Waals surface area (Å²) in [6, 6.07) is 39.2. The van der Waals surface area contributed by atoms with E-state index in [0.717, 1.165) is 51.7 Å². The molecule has 1 aliphatic heterocycles. The van der Waals surface area contributed by atoms with Crippen LogP contribution in [-0.4, -0.2) is 45.8 Å². The number of aliphatic imine (C=N–C) groups is 1. The summed E-state index contributed by atoms with van der Waals surface area (Å²) in [5, 5.41) is 6.22. The summed E-state index contributed by atoms with van der Waals surface area (Å²) in [6.45, 7) is 8.74. The second-order valence-corrected chi connectivity index (χ2v) is 15.0. The lowest BCUT2D eigenvalue weighted by Crippen LogP contribution is -2.41. The molecule has 1 aliphatic rings. The van der Waals surface area contributed by atoms with Crippen molar-refractivity contribution in [2.45, 2.75) is 32.4 Å². The van der Waals surface area contributed by atoms with Crippen LogP contribution in [0, 0.1) is 5.41 Å². The molecule has 6 rings (SSSR count). The van der Waals surface area contributed by atoms with Crippen LogP contribution in [0.2, 0.25) is 0 Å². The van der Waals surface area contributed by atoms with Crippen molar-refractivity contribution in [1.29, 1.82) is 0 Å². The van der Waals surface area contributed by atoms with E-state index in [0.29, 0.717) is 5.17 Å². The molecule has 0 fully saturated rings. The second kappa shape index (κ2) is 13.0. The Labute approximate surface area is 289 Å². The maximum atomic E-state index is 13.5. The van der Waals surface area contributed by atoms with E-state index in [-0.39, 0.29) is 5.91 Å². The zero-order valence-electron chi connectivity index (χ0n) is 29.2. The zero-order chi connectivity index (χ0) is 34.2. The molecule has 5 aromatic rings. The van der Waals surface area contributed by atoms with Crippen LogP contribution in [-0.2, 0) is 9.54 Å². The summed E-state index contributed by atoms with van der Waals surface area (Å²) < 4.78 is -0.675. The number of carbonyl (C=O) groups excluding carboxylic acids is 1. The maximum Gasteiger partial charge on any atom is 0.231 e. The van der Waals surface area contributed by atoms with Gasteiger partial charge in [0, 0.05) is 68.5 Å². The topological polar surface area (TPSA) is 51.2 Å². The first-order valence-electron chi connectivity index (χ1n) is 16.5. The lowest BCUT2D eigenvalue weighted by molar-refractivity contribution is -0.126. The van der Waals surface area contributed by atoms with Crippen LogP contribution in [0.15, 0.2) is 114 Å². The van der Waals surface area contributed by atoms with Crippen molar-refractivity contribution >= 4 is 62.0 Å². The average molecular weight is 656 g/mol. The zero-order valence-corrected chi connectivity index (χ0v) is 30.0. The van der Waals surface area contributed by atoms with Crippen molar-refractivity contribution in [3.8, 4) is 0 Å². The quantitative estimate of drug-likeness (QED) is 0.189. The third-order valence-electron chi connectivity index (χ3n) is 8.99. The number of hydrogen-bond donors (Lipinski definition) is 1. The van der Waals surface area contributed by atoms with Gasteiger partial charge in [-0.15, -0.1) is 0 Å². The summed E-state index contributed by atoms with van der Waals surface area (Å²) in [6.07, 6.45) is 0. The van der Waals surface area contributed by atoms with Crippen molar-refractivity contribution in [3.05, 3.63) is 126 Å². The molecule has 0 saturated heterocycles. The highest BCUT2D eigenvalue weighted by molar-refractivity contribution is 8.15. The number of rotatable bonds is 7. The first kappa shape index (κ1) is 33.2. The molecular formula is C41H45N5OS. The predicted octanol–water partition coefficient (Wildman–Crippen LogP) is 9.32. The Balaban J connectivity index is 1.56. The maximum absolute atomic E-state index is 13.5. The monoisotopic (exact) mass is 655 g/mol. The molecular weight excluding hydrogens is 611 g/mol. The van der Waals surface area contributed by atoms with E-state index in [1.807, 2.05) is 20.8 Å². The van der Waals surface area contributed by atoms with Gasteiger partial charge in [-0.3, -0.25) is 4.79 Å². The van der Waals surface area contributed by atoms with Crippen molar-refractivity contribution in [2.75, 3.05) is 49.4 Å². The molecule has 1 N–H and O–H groups in total. The van der Waals surface area contributed by atoms with E-state index in [1.54, 1.807) is 11.8 Å². The van der Waals surface area contributed by atoms with Crippen molar-refractivity contribution in [1.82, 2.24) is 5.32 Å². The van der Waals surface area contributed by atoms with E-state index < -0.39 is 10.2 Å². The van der Waals surface area contributed by atoms with Crippen LogP contribution in [0.5, 0.6) is 0 Å². The Bertz CT molecular complexity index is 1920. The van der Waals surface area contributed by atoms with Crippen molar-refractivity contribution < 1.29 is 4.79 Å². The van der Waals surface area contributed by atoms with E-state index in [9.17, 15) is 4.79 Å². The van der Waals surface area contributed by atoms with Gasteiger partial charge in [-0.2, -0.15) is 0 Å². The fourth-order valence-electron chi connectivity index (χ4n) is 6.19. The number of carbonyl (C=O) groups is 1. The fraction of sp³-hybridized carbons (Fsp3) is 0.268. The smallest absolute Gasteiger partial charge is 0.231 e. The summed E-state index contributed by atoms with van der Waals surface area (Å²) in [4.78, 5) is 25.2. The first-order valence-corrected chi connectivity index (χ1v) is 17.3. The number of thioether (sulfide) groups is 1. The third-order valence-corrected chi connectivity index (χ3v) is 10.4. The molecule has 1 heterocycles. The molecule has 6 nitrogen and oxygen atoms in total. The molecule has 0 bridgehead atoms. The molecule has 7 heteroatoms. The van der Waals surface area contributed by atoms with Gasteiger partial charge >= 0.3 is 0 Å². The highest BCUT2D eigenvalue weighted by atomic mass is 32.2. The Kier molecular flexibility index (Phi) is 9.01. The third kappa shape index (κ3) is 6.27. The van der Waals surface area contributed by atoms with Gasteiger partial charge in [0.15, 0.2) is 5.17 Å². The van der Waals surface area contributed by atoms with Gasteiger partial charge in [0.2, 0.25) is 5.91 Å². The molecule has 0 aliphatic carbocycles.